The Morgan fingerprint density at radius 3 is 2.64 bits per heavy atom. The number of benzene rings is 3. The number of piperidine rings is 1. The number of fused-ring (bicyclic) bond motifs is 2. The first kappa shape index (κ1) is 28.1. The van der Waals surface area contributed by atoms with Crippen molar-refractivity contribution in [3.8, 4) is 0 Å². The molecule has 216 valence electrons. The number of carbonyl (C=O) groups is 3. The zero-order valence-corrected chi connectivity index (χ0v) is 23.7. The highest BCUT2D eigenvalue weighted by Crippen LogP contribution is 2.35. The van der Waals surface area contributed by atoms with E-state index in [1.54, 1.807) is 29.2 Å². The first-order valence-corrected chi connectivity index (χ1v) is 14.4. The quantitative estimate of drug-likeness (QED) is 0.395. The molecule has 3 amide bonds. The summed E-state index contributed by atoms with van der Waals surface area (Å²) in [5, 5.41) is 11.1. The highest BCUT2D eigenvalue weighted by Gasteiger charge is 2.52. The normalized spacial score (nSPS) is 22.0. The lowest BCUT2D eigenvalue weighted by Gasteiger charge is -2.40. The number of nitrogens with one attached hydrogen (secondary N) is 3. The summed E-state index contributed by atoms with van der Waals surface area (Å²) in [6, 6.07) is 19.9. The number of hydrogen-bond donors (Lipinski definition) is 3. The Balaban J connectivity index is 1.24. The summed E-state index contributed by atoms with van der Waals surface area (Å²) in [6.45, 7) is 0.991. The molecule has 3 heterocycles. The maximum Gasteiger partial charge on any atom is 0.254 e. The van der Waals surface area contributed by atoms with Gasteiger partial charge < -0.3 is 15.5 Å². The minimum atomic E-state index is -1.11. The fourth-order valence-corrected chi connectivity index (χ4v) is 6.30. The summed E-state index contributed by atoms with van der Waals surface area (Å²) < 4.78 is 14.0. The Labute approximate surface area is 248 Å². The summed E-state index contributed by atoms with van der Waals surface area (Å²) in [6.07, 6.45) is 1.37. The van der Waals surface area contributed by atoms with E-state index in [1.165, 1.54) is 12.1 Å². The van der Waals surface area contributed by atoms with Crippen LogP contribution < -0.4 is 16.1 Å². The zero-order valence-electron chi connectivity index (χ0n) is 22.9. The van der Waals surface area contributed by atoms with Gasteiger partial charge in [-0.3, -0.25) is 14.4 Å². The molecule has 3 aromatic carbocycles. The Morgan fingerprint density at radius 1 is 1.07 bits per heavy atom. The van der Waals surface area contributed by atoms with Crippen molar-refractivity contribution < 1.29 is 18.8 Å². The van der Waals surface area contributed by atoms with Crippen molar-refractivity contribution in [2.75, 3.05) is 13.1 Å². The van der Waals surface area contributed by atoms with Crippen molar-refractivity contribution in [3.05, 3.63) is 106 Å². The molecule has 0 saturated carbocycles. The lowest BCUT2D eigenvalue weighted by molar-refractivity contribution is -0.140. The molecule has 3 aliphatic heterocycles. The molecule has 1 fully saturated rings. The van der Waals surface area contributed by atoms with Crippen molar-refractivity contribution >= 4 is 35.0 Å². The van der Waals surface area contributed by atoms with Gasteiger partial charge in [0.1, 0.15) is 17.3 Å². The molecular weight excluding hydrogens is 557 g/mol. The average molecular weight is 588 g/mol. The Morgan fingerprint density at radius 2 is 1.86 bits per heavy atom. The second-order valence-corrected chi connectivity index (χ2v) is 11.6. The van der Waals surface area contributed by atoms with E-state index in [0.29, 0.717) is 42.2 Å². The first-order valence-electron chi connectivity index (χ1n) is 14.1. The summed E-state index contributed by atoms with van der Waals surface area (Å²) >= 11 is 6.09. The van der Waals surface area contributed by atoms with Crippen LogP contribution >= 0.6 is 11.6 Å². The van der Waals surface area contributed by atoms with Crippen LogP contribution in [0.2, 0.25) is 5.02 Å². The van der Waals surface area contributed by atoms with E-state index in [4.69, 9.17) is 11.6 Å². The van der Waals surface area contributed by atoms with E-state index in [0.717, 1.165) is 16.7 Å². The van der Waals surface area contributed by atoms with Crippen LogP contribution in [-0.2, 0) is 40.2 Å². The van der Waals surface area contributed by atoms with Crippen LogP contribution in [0.5, 0.6) is 0 Å². The molecule has 6 rings (SSSR count). The summed E-state index contributed by atoms with van der Waals surface area (Å²) in [7, 11) is 0. The molecule has 3 atom stereocenters. The van der Waals surface area contributed by atoms with E-state index in [9.17, 15) is 18.8 Å². The minimum absolute atomic E-state index is 0.0784. The van der Waals surface area contributed by atoms with Gasteiger partial charge in [-0.05, 0) is 59.4 Å². The van der Waals surface area contributed by atoms with Crippen LogP contribution in [0.3, 0.4) is 0 Å². The highest BCUT2D eigenvalue weighted by molar-refractivity contribution is 6.30. The number of rotatable bonds is 7. The average Bonchev–Trinajstić information content (AvgIpc) is 3.31. The monoisotopic (exact) mass is 587 g/mol. The van der Waals surface area contributed by atoms with Crippen LogP contribution in [0.15, 0.2) is 77.9 Å². The van der Waals surface area contributed by atoms with E-state index >= 15 is 0 Å². The van der Waals surface area contributed by atoms with Crippen LogP contribution in [-0.4, -0.2) is 53.5 Å². The highest BCUT2D eigenvalue weighted by atomic mass is 35.5. The first-order chi connectivity index (χ1) is 20.3. The van der Waals surface area contributed by atoms with Crippen molar-refractivity contribution in [2.24, 2.45) is 10.5 Å². The summed E-state index contributed by atoms with van der Waals surface area (Å²) in [5.74, 6) is -1.26. The number of hydrogen-bond acceptors (Lipinski definition) is 5. The van der Waals surface area contributed by atoms with Gasteiger partial charge in [0.25, 0.3) is 5.91 Å². The SMILES string of the molecule is O=C(NC(Cc1ccc(Cl)cc1)C(=O)N1CCC2=NNC(=O)C2(Cc2cccc(F)c2)C1)C1Cc2ccccc2CN1. The number of hydrazone groups is 1. The molecule has 0 spiro atoms. The van der Waals surface area contributed by atoms with Gasteiger partial charge >= 0.3 is 0 Å². The predicted octanol–water partition coefficient (Wildman–Crippen LogP) is 3.17. The van der Waals surface area contributed by atoms with Crippen molar-refractivity contribution in [1.29, 1.82) is 0 Å². The predicted molar refractivity (Wildman–Crippen MR) is 157 cm³/mol. The molecule has 8 nitrogen and oxygen atoms in total. The van der Waals surface area contributed by atoms with Gasteiger partial charge in [0, 0.05) is 37.5 Å². The Hall–Kier alpha value is -4.08. The lowest BCUT2D eigenvalue weighted by Crippen LogP contribution is -2.60. The third kappa shape index (κ3) is 5.67. The van der Waals surface area contributed by atoms with Crippen LogP contribution in [0.25, 0.3) is 0 Å². The van der Waals surface area contributed by atoms with Crippen molar-refractivity contribution in [2.45, 2.75) is 44.3 Å². The van der Waals surface area contributed by atoms with E-state index < -0.39 is 23.3 Å². The number of likely N-dealkylation sites (tertiary alicyclic amines) is 1. The van der Waals surface area contributed by atoms with Gasteiger partial charge in [-0.15, -0.1) is 0 Å². The van der Waals surface area contributed by atoms with Crippen LogP contribution in [0.4, 0.5) is 4.39 Å². The zero-order chi connectivity index (χ0) is 29.3. The molecule has 42 heavy (non-hydrogen) atoms. The maximum atomic E-state index is 14.2. The number of nitrogens with zero attached hydrogens (tertiary/aromatic N) is 2. The van der Waals surface area contributed by atoms with E-state index in [2.05, 4.69) is 21.2 Å². The second-order valence-electron chi connectivity index (χ2n) is 11.2. The molecule has 3 N–H and O–H groups in total. The molecule has 3 aliphatic rings. The Kier molecular flexibility index (Phi) is 7.79. The molecule has 0 bridgehead atoms. The lowest BCUT2D eigenvalue weighted by atomic mass is 9.73. The standard InChI is InChI=1S/C32H31ClFN5O3/c33-24-10-8-20(9-11-24)15-27(36-29(40)26-16-22-5-1-2-6-23(22)18-35-26)30(41)39-13-12-28-32(19-39,31(42)38-37-28)17-21-4-3-7-25(34)14-21/h1-11,14,26-27,35H,12-13,15-19H2,(H,36,40)(H,38,42). The van der Waals surface area contributed by atoms with Gasteiger partial charge in [0.15, 0.2) is 0 Å². The minimum Gasteiger partial charge on any atom is -0.343 e. The number of halogens is 2. The van der Waals surface area contributed by atoms with Crippen LogP contribution in [0, 0.1) is 11.2 Å². The molecule has 3 unspecified atom stereocenters. The number of carbonyl (C=O) groups excluding carboxylic acids is 3. The molecule has 10 heteroatoms. The molecule has 0 aromatic heterocycles. The Bertz CT molecular complexity index is 1560. The topological polar surface area (TPSA) is 103 Å². The molecule has 3 aromatic rings. The van der Waals surface area contributed by atoms with Gasteiger partial charge in [0.05, 0.1) is 11.8 Å². The molecular formula is C32H31ClFN5O3. The molecule has 0 radical (unpaired) electrons. The summed E-state index contributed by atoms with van der Waals surface area (Å²) in [4.78, 5) is 42.6. The van der Waals surface area contributed by atoms with Gasteiger partial charge in [-0.2, -0.15) is 5.10 Å². The third-order valence-electron chi connectivity index (χ3n) is 8.43. The summed E-state index contributed by atoms with van der Waals surface area (Å²) in [5.41, 5.74) is 5.87. The van der Waals surface area contributed by atoms with Crippen LogP contribution in [0.1, 0.15) is 28.7 Å². The van der Waals surface area contributed by atoms with E-state index in [1.807, 2.05) is 36.4 Å². The van der Waals surface area contributed by atoms with Gasteiger partial charge in [-0.1, -0.05) is 60.1 Å². The van der Waals surface area contributed by atoms with Crippen molar-refractivity contribution in [1.82, 2.24) is 21.0 Å². The smallest absolute Gasteiger partial charge is 0.254 e. The molecule has 0 aliphatic carbocycles. The van der Waals surface area contributed by atoms with Gasteiger partial charge in [0.2, 0.25) is 11.8 Å². The fourth-order valence-electron chi connectivity index (χ4n) is 6.18. The largest absolute Gasteiger partial charge is 0.343 e. The second kappa shape index (κ2) is 11.7. The fraction of sp³-hybridized carbons (Fsp3) is 0.312. The number of amides is 3. The molecule has 1 saturated heterocycles. The maximum absolute atomic E-state index is 14.2. The van der Waals surface area contributed by atoms with E-state index in [-0.39, 0.29) is 37.1 Å². The van der Waals surface area contributed by atoms with Crippen molar-refractivity contribution in [3.63, 3.8) is 0 Å². The van der Waals surface area contributed by atoms with Gasteiger partial charge in [-0.25, -0.2) is 9.82 Å². The third-order valence-corrected chi connectivity index (χ3v) is 8.68.